The Bertz CT molecular complexity index is 1180. The van der Waals surface area contributed by atoms with Gasteiger partial charge in [0, 0.05) is 18.8 Å². The first kappa shape index (κ1) is 21.4. The standard InChI is InChI=1S/C22H22N2O5S2/c1-28-18-5-3-6-19(29-2)21(18)22(25)23-17-9-8-15-10-11-24(14-16(15)13-17)31(26,27)20-7-4-12-30-20/h3-9,12-13H,10-11,14H2,1-2H3,(H,23,25). The molecule has 0 unspecified atom stereocenters. The molecule has 1 aliphatic heterocycles. The minimum atomic E-state index is -3.53. The number of hydrogen-bond acceptors (Lipinski definition) is 6. The molecule has 1 amide bonds. The van der Waals surface area contributed by atoms with Gasteiger partial charge in [-0.05, 0) is 53.3 Å². The molecule has 3 aromatic rings. The average Bonchev–Trinajstić information content (AvgIpc) is 3.33. The van der Waals surface area contributed by atoms with Gasteiger partial charge in [0.1, 0.15) is 21.3 Å². The van der Waals surface area contributed by atoms with Crippen LogP contribution in [0.5, 0.6) is 11.5 Å². The summed E-state index contributed by atoms with van der Waals surface area (Å²) in [7, 11) is -0.541. The van der Waals surface area contributed by atoms with Crippen LogP contribution in [0.15, 0.2) is 58.1 Å². The van der Waals surface area contributed by atoms with Crippen molar-refractivity contribution in [1.82, 2.24) is 4.31 Å². The number of fused-ring (bicyclic) bond motifs is 1. The first-order valence-electron chi connectivity index (χ1n) is 9.62. The SMILES string of the molecule is COc1cccc(OC)c1C(=O)Nc1ccc2c(c1)CN(S(=O)(=O)c1cccs1)CC2. The van der Waals surface area contributed by atoms with Gasteiger partial charge >= 0.3 is 0 Å². The van der Waals surface area contributed by atoms with Crippen molar-refractivity contribution in [2.75, 3.05) is 26.1 Å². The summed E-state index contributed by atoms with van der Waals surface area (Å²) >= 11 is 1.21. The number of benzene rings is 2. The Labute approximate surface area is 185 Å². The van der Waals surface area contributed by atoms with Gasteiger partial charge in [0.2, 0.25) is 0 Å². The Hall–Kier alpha value is -2.88. The van der Waals surface area contributed by atoms with Crippen LogP contribution in [0.2, 0.25) is 0 Å². The maximum atomic E-state index is 12.9. The Morgan fingerprint density at radius 1 is 1.03 bits per heavy atom. The lowest BCUT2D eigenvalue weighted by Gasteiger charge is -2.28. The highest BCUT2D eigenvalue weighted by atomic mass is 32.2. The molecule has 7 nitrogen and oxygen atoms in total. The van der Waals surface area contributed by atoms with Crippen LogP contribution in [0.25, 0.3) is 0 Å². The summed E-state index contributed by atoms with van der Waals surface area (Å²) in [5.41, 5.74) is 2.82. The second-order valence-corrected chi connectivity index (χ2v) is 10.1. The molecule has 0 bridgehead atoms. The van der Waals surface area contributed by atoms with Crippen LogP contribution in [0.4, 0.5) is 5.69 Å². The minimum Gasteiger partial charge on any atom is -0.496 e. The lowest BCUT2D eigenvalue weighted by Crippen LogP contribution is -2.35. The molecule has 9 heteroatoms. The molecule has 31 heavy (non-hydrogen) atoms. The second-order valence-electron chi connectivity index (χ2n) is 7.00. The van der Waals surface area contributed by atoms with Gasteiger partial charge in [-0.3, -0.25) is 4.79 Å². The van der Waals surface area contributed by atoms with E-state index >= 15 is 0 Å². The molecule has 0 radical (unpaired) electrons. The normalized spacial score (nSPS) is 14.0. The fraction of sp³-hybridized carbons (Fsp3) is 0.227. The molecule has 1 aliphatic rings. The van der Waals surface area contributed by atoms with Gasteiger partial charge in [0.15, 0.2) is 0 Å². The van der Waals surface area contributed by atoms with Crippen LogP contribution < -0.4 is 14.8 Å². The van der Waals surface area contributed by atoms with Crippen molar-refractivity contribution in [3.05, 3.63) is 70.6 Å². The highest BCUT2D eigenvalue weighted by Gasteiger charge is 2.29. The topological polar surface area (TPSA) is 84.9 Å². The first-order valence-corrected chi connectivity index (χ1v) is 11.9. The van der Waals surface area contributed by atoms with E-state index in [-0.39, 0.29) is 12.5 Å². The summed E-state index contributed by atoms with van der Waals surface area (Å²) in [5.74, 6) is 0.444. The zero-order chi connectivity index (χ0) is 22.0. The Morgan fingerprint density at radius 3 is 2.42 bits per heavy atom. The van der Waals surface area contributed by atoms with E-state index in [1.165, 1.54) is 29.9 Å². The summed E-state index contributed by atoms with van der Waals surface area (Å²) < 4.78 is 38.2. The summed E-state index contributed by atoms with van der Waals surface area (Å²) in [6.45, 7) is 0.689. The lowest BCUT2D eigenvalue weighted by atomic mass is 10.0. The van der Waals surface area contributed by atoms with Crippen LogP contribution in [0.3, 0.4) is 0 Å². The van der Waals surface area contributed by atoms with Crippen molar-refractivity contribution < 1.29 is 22.7 Å². The van der Waals surface area contributed by atoms with Crippen LogP contribution in [-0.2, 0) is 23.0 Å². The Balaban J connectivity index is 1.58. The highest BCUT2D eigenvalue weighted by molar-refractivity contribution is 7.91. The molecule has 4 rings (SSSR count). The molecule has 0 saturated carbocycles. The lowest BCUT2D eigenvalue weighted by molar-refractivity contribution is 0.102. The van der Waals surface area contributed by atoms with E-state index in [1.54, 1.807) is 35.7 Å². The number of thiophene rings is 1. The highest BCUT2D eigenvalue weighted by Crippen LogP contribution is 2.31. The molecule has 0 fully saturated rings. The van der Waals surface area contributed by atoms with E-state index in [4.69, 9.17) is 9.47 Å². The van der Waals surface area contributed by atoms with E-state index in [9.17, 15) is 13.2 Å². The van der Waals surface area contributed by atoms with Gasteiger partial charge < -0.3 is 14.8 Å². The summed E-state index contributed by atoms with van der Waals surface area (Å²) in [5, 5.41) is 4.63. The number of carbonyl (C=O) groups excluding carboxylic acids is 1. The van der Waals surface area contributed by atoms with Gasteiger partial charge in [0.05, 0.1) is 14.2 Å². The van der Waals surface area contributed by atoms with Gasteiger partial charge in [0.25, 0.3) is 15.9 Å². The van der Waals surface area contributed by atoms with Crippen molar-refractivity contribution in [1.29, 1.82) is 0 Å². The Morgan fingerprint density at radius 2 is 1.77 bits per heavy atom. The largest absolute Gasteiger partial charge is 0.496 e. The van der Waals surface area contributed by atoms with Gasteiger partial charge in [-0.25, -0.2) is 8.42 Å². The number of sulfonamides is 1. The fourth-order valence-corrected chi connectivity index (χ4v) is 6.18. The number of ether oxygens (including phenoxy) is 2. The van der Waals surface area contributed by atoms with Crippen LogP contribution in [-0.4, -0.2) is 39.4 Å². The smallest absolute Gasteiger partial charge is 0.263 e. The molecule has 1 N–H and O–H groups in total. The molecule has 0 spiro atoms. The van der Waals surface area contributed by atoms with Crippen molar-refractivity contribution in [2.45, 2.75) is 17.2 Å². The van der Waals surface area contributed by atoms with Crippen LogP contribution in [0.1, 0.15) is 21.5 Å². The van der Waals surface area contributed by atoms with Crippen molar-refractivity contribution in [3.8, 4) is 11.5 Å². The second kappa shape index (κ2) is 8.70. The fourth-order valence-electron chi connectivity index (χ4n) is 3.62. The summed E-state index contributed by atoms with van der Waals surface area (Å²) in [6, 6.07) is 14.1. The van der Waals surface area contributed by atoms with E-state index in [0.717, 1.165) is 11.1 Å². The third-order valence-electron chi connectivity index (χ3n) is 5.19. The van der Waals surface area contributed by atoms with Crippen molar-refractivity contribution in [3.63, 3.8) is 0 Å². The molecule has 2 aromatic carbocycles. The van der Waals surface area contributed by atoms with E-state index in [2.05, 4.69) is 5.32 Å². The summed E-state index contributed by atoms with van der Waals surface area (Å²) in [6.07, 6.45) is 0.620. The molecule has 2 heterocycles. The number of rotatable bonds is 6. The maximum absolute atomic E-state index is 12.9. The number of nitrogens with zero attached hydrogens (tertiary/aromatic N) is 1. The van der Waals surface area contributed by atoms with Crippen molar-refractivity contribution in [2.24, 2.45) is 0 Å². The van der Waals surface area contributed by atoms with Gasteiger partial charge in [-0.15, -0.1) is 11.3 Å². The zero-order valence-corrected chi connectivity index (χ0v) is 18.8. The van der Waals surface area contributed by atoms with Crippen LogP contribution in [0, 0.1) is 0 Å². The number of hydrogen-bond donors (Lipinski definition) is 1. The van der Waals surface area contributed by atoms with Gasteiger partial charge in [-0.1, -0.05) is 18.2 Å². The molecule has 0 saturated heterocycles. The summed E-state index contributed by atoms with van der Waals surface area (Å²) in [4.78, 5) is 12.9. The van der Waals surface area contributed by atoms with Gasteiger partial charge in [-0.2, -0.15) is 4.31 Å². The molecule has 1 aromatic heterocycles. The van der Waals surface area contributed by atoms with E-state index in [1.807, 2.05) is 18.2 Å². The molecule has 0 atom stereocenters. The maximum Gasteiger partial charge on any atom is 0.263 e. The van der Waals surface area contributed by atoms with Crippen LogP contribution >= 0.6 is 11.3 Å². The molecule has 0 aliphatic carbocycles. The molecular formula is C22H22N2O5S2. The van der Waals surface area contributed by atoms with E-state index in [0.29, 0.717) is 39.9 Å². The van der Waals surface area contributed by atoms with Crippen molar-refractivity contribution >= 4 is 33.0 Å². The predicted octanol–water partition coefficient (Wildman–Crippen LogP) is 3.76. The number of amides is 1. The molecular weight excluding hydrogens is 436 g/mol. The third kappa shape index (κ3) is 4.16. The third-order valence-corrected chi connectivity index (χ3v) is 8.40. The zero-order valence-electron chi connectivity index (χ0n) is 17.1. The minimum absolute atomic E-state index is 0.261. The van der Waals surface area contributed by atoms with E-state index < -0.39 is 10.0 Å². The monoisotopic (exact) mass is 458 g/mol. The average molecular weight is 459 g/mol. The predicted molar refractivity (Wildman–Crippen MR) is 120 cm³/mol. The number of anilines is 1. The molecule has 162 valence electrons. The Kier molecular flexibility index (Phi) is 5.99. The first-order chi connectivity index (χ1) is 14.9. The quantitative estimate of drug-likeness (QED) is 0.608. The number of nitrogens with one attached hydrogen (secondary N) is 1. The number of methoxy groups -OCH3 is 2. The number of carbonyl (C=O) groups is 1.